The van der Waals surface area contributed by atoms with E-state index >= 15 is 0 Å². The third-order valence-corrected chi connectivity index (χ3v) is 2.83. The summed E-state index contributed by atoms with van der Waals surface area (Å²) in [6.45, 7) is 0. The Balaban J connectivity index is 1.99. The zero-order valence-corrected chi connectivity index (χ0v) is 10.3. The lowest BCUT2D eigenvalue weighted by Crippen LogP contribution is -2.11. The van der Waals surface area contributed by atoms with Crippen LogP contribution in [0.15, 0.2) is 48.8 Å². The number of carbonyl (C=O) groups excluding carboxylic acids is 1. The highest BCUT2D eigenvalue weighted by atomic mass is 19.1. The van der Waals surface area contributed by atoms with E-state index in [1.165, 1.54) is 12.1 Å². The number of hydrogen-bond donors (Lipinski definition) is 1. The van der Waals surface area contributed by atoms with Crippen LogP contribution in [0.4, 0.5) is 4.39 Å². The number of nitrogens with two attached hydrogens (primary N) is 1. The predicted molar refractivity (Wildman–Crippen MR) is 70.2 cm³/mol. The number of aromatic nitrogens is 2. The predicted octanol–water partition coefficient (Wildman–Crippen LogP) is 2.36. The Morgan fingerprint density at radius 3 is 2.85 bits per heavy atom. The van der Waals surface area contributed by atoms with Crippen molar-refractivity contribution in [2.24, 2.45) is 5.73 Å². The van der Waals surface area contributed by atoms with Gasteiger partial charge in [0.1, 0.15) is 5.52 Å². The van der Waals surface area contributed by atoms with Crippen molar-refractivity contribution in [1.29, 1.82) is 0 Å². The van der Waals surface area contributed by atoms with Crippen LogP contribution in [0.25, 0.3) is 5.52 Å². The Bertz CT molecular complexity index is 798. The number of amides is 1. The van der Waals surface area contributed by atoms with Gasteiger partial charge < -0.3 is 10.5 Å². The molecule has 0 unspecified atom stereocenters. The first-order valence-electron chi connectivity index (χ1n) is 5.85. The van der Waals surface area contributed by atoms with Gasteiger partial charge in [0, 0.05) is 11.8 Å². The normalized spacial score (nSPS) is 10.7. The van der Waals surface area contributed by atoms with Crippen LogP contribution >= 0.6 is 0 Å². The van der Waals surface area contributed by atoms with Crippen molar-refractivity contribution in [3.8, 4) is 11.5 Å². The van der Waals surface area contributed by atoms with E-state index in [4.69, 9.17) is 10.5 Å². The van der Waals surface area contributed by atoms with E-state index in [1.807, 2.05) is 0 Å². The number of carbonyl (C=O) groups is 1. The molecule has 0 saturated heterocycles. The monoisotopic (exact) mass is 271 g/mol. The molecule has 3 rings (SSSR count). The minimum atomic E-state index is -0.687. The van der Waals surface area contributed by atoms with Crippen LogP contribution < -0.4 is 10.5 Å². The van der Waals surface area contributed by atoms with Crippen molar-refractivity contribution in [3.63, 3.8) is 0 Å². The summed E-state index contributed by atoms with van der Waals surface area (Å²) in [5.41, 5.74) is 5.90. The zero-order chi connectivity index (χ0) is 14.1. The number of pyridine rings is 1. The van der Waals surface area contributed by atoms with Crippen molar-refractivity contribution in [2.75, 3.05) is 0 Å². The molecule has 1 aromatic carbocycles. The van der Waals surface area contributed by atoms with Gasteiger partial charge in [0.25, 0.3) is 0 Å². The molecule has 5 nitrogen and oxygen atoms in total. The maximum Gasteiger partial charge on any atom is 0.248 e. The number of ether oxygens (including phenoxy) is 1. The number of rotatable bonds is 3. The van der Waals surface area contributed by atoms with Crippen LogP contribution in [0.1, 0.15) is 10.4 Å². The summed E-state index contributed by atoms with van der Waals surface area (Å²) >= 11 is 0. The van der Waals surface area contributed by atoms with Gasteiger partial charge in [-0.1, -0.05) is 0 Å². The highest BCUT2D eigenvalue weighted by Gasteiger charge is 2.10. The Hall–Kier alpha value is -2.89. The average molecular weight is 271 g/mol. The number of halogens is 1. The molecular weight excluding hydrogens is 261 g/mol. The SMILES string of the molecule is NC(=O)c1ccc(Oc2cccn3nccc23)c(F)c1. The lowest BCUT2D eigenvalue weighted by molar-refractivity contribution is 0.1000. The fourth-order valence-electron chi connectivity index (χ4n) is 1.87. The molecule has 6 heteroatoms. The molecule has 100 valence electrons. The fraction of sp³-hybridized carbons (Fsp3) is 0. The van der Waals surface area contributed by atoms with Crippen molar-refractivity contribution in [2.45, 2.75) is 0 Å². The van der Waals surface area contributed by atoms with Crippen LogP contribution in [-0.2, 0) is 0 Å². The minimum absolute atomic E-state index is 0.0179. The first-order valence-corrected chi connectivity index (χ1v) is 5.85. The lowest BCUT2D eigenvalue weighted by Gasteiger charge is -2.08. The van der Waals surface area contributed by atoms with Gasteiger partial charge in [-0.3, -0.25) is 4.79 Å². The van der Waals surface area contributed by atoms with Crippen molar-refractivity contribution >= 4 is 11.4 Å². The fourth-order valence-corrected chi connectivity index (χ4v) is 1.87. The molecule has 0 radical (unpaired) electrons. The largest absolute Gasteiger partial charge is 0.452 e. The van der Waals surface area contributed by atoms with Crippen LogP contribution in [0.2, 0.25) is 0 Å². The molecule has 2 N–H and O–H groups in total. The summed E-state index contributed by atoms with van der Waals surface area (Å²) in [7, 11) is 0. The number of benzene rings is 1. The molecule has 1 amide bonds. The van der Waals surface area contributed by atoms with E-state index in [2.05, 4.69) is 5.10 Å². The summed E-state index contributed by atoms with van der Waals surface area (Å²) in [4.78, 5) is 11.0. The standard InChI is InChI=1S/C14H10FN3O2/c15-10-8-9(14(16)19)3-4-12(10)20-13-2-1-7-18-11(13)5-6-17-18/h1-8H,(H2,16,19). The smallest absolute Gasteiger partial charge is 0.248 e. The van der Waals surface area contributed by atoms with Crippen LogP contribution in [0, 0.1) is 5.82 Å². The number of nitrogens with zero attached hydrogens (tertiary/aromatic N) is 2. The van der Waals surface area contributed by atoms with Gasteiger partial charge in [-0.25, -0.2) is 8.91 Å². The van der Waals surface area contributed by atoms with E-state index in [-0.39, 0.29) is 11.3 Å². The van der Waals surface area contributed by atoms with E-state index in [0.29, 0.717) is 11.3 Å². The molecule has 0 aliphatic rings. The van der Waals surface area contributed by atoms with Gasteiger partial charge in [-0.15, -0.1) is 0 Å². The lowest BCUT2D eigenvalue weighted by atomic mass is 10.2. The first kappa shape index (κ1) is 12.2. The third kappa shape index (κ3) is 2.07. The van der Waals surface area contributed by atoms with E-state index < -0.39 is 11.7 Å². The first-order chi connectivity index (χ1) is 9.65. The van der Waals surface area contributed by atoms with Gasteiger partial charge in [-0.2, -0.15) is 5.10 Å². The topological polar surface area (TPSA) is 69.6 Å². The second kappa shape index (κ2) is 4.65. The summed E-state index contributed by atoms with van der Waals surface area (Å²) in [6, 6.07) is 9.04. The van der Waals surface area contributed by atoms with Crippen molar-refractivity contribution in [3.05, 3.63) is 60.2 Å². The molecule has 0 fully saturated rings. The van der Waals surface area contributed by atoms with Gasteiger partial charge in [-0.05, 0) is 36.4 Å². The van der Waals surface area contributed by atoms with Crippen LogP contribution in [0.5, 0.6) is 11.5 Å². The molecule has 0 bridgehead atoms. The Morgan fingerprint density at radius 2 is 2.10 bits per heavy atom. The van der Waals surface area contributed by atoms with Gasteiger partial charge in [0.05, 0.1) is 6.20 Å². The van der Waals surface area contributed by atoms with Crippen molar-refractivity contribution < 1.29 is 13.9 Å². The van der Waals surface area contributed by atoms with Crippen LogP contribution in [0.3, 0.4) is 0 Å². The molecule has 0 saturated carbocycles. The maximum absolute atomic E-state index is 13.9. The second-order valence-corrected chi connectivity index (χ2v) is 4.14. The Labute approximate surface area is 113 Å². The molecule has 2 aromatic heterocycles. The molecule has 0 aliphatic carbocycles. The zero-order valence-electron chi connectivity index (χ0n) is 10.3. The third-order valence-electron chi connectivity index (χ3n) is 2.83. The van der Waals surface area contributed by atoms with Gasteiger partial charge in [0.2, 0.25) is 5.91 Å². The summed E-state index contributed by atoms with van der Waals surface area (Å²) in [5.74, 6) is -0.851. The maximum atomic E-state index is 13.9. The van der Waals surface area contributed by atoms with E-state index in [1.54, 1.807) is 35.1 Å². The molecule has 3 aromatic rings. The Morgan fingerprint density at radius 1 is 1.25 bits per heavy atom. The van der Waals surface area contributed by atoms with Gasteiger partial charge >= 0.3 is 0 Å². The second-order valence-electron chi connectivity index (χ2n) is 4.14. The van der Waals surface area contributed by atoms with Crippen LogP contribution in [-0.4, -0.2) is 15.5 Å². The van der Waals surface area contributed by atoms with Crippen molar-refractivity contribution in [1.82, 2.24) is 9.61 Å². The summed E-state index contributed by atoms with van der Waals surface area (Å²) < 4.78 is 21.0. The van der Waals surface area contributed by atoms with E-state index in [0.717, 1.165) is 6.07 Å². The Kier molecular flexibility index (Phi) is 2.83. The number of primary amides is 1. The molecule has 2 heterocycles. The van der Waals surface area contributed by atoms with Gasteiger partial charge in [0.15, 0.2) is 17.3 Å². The molecule has 0 spiro atoms. The molecule has 0 aliphatic heterocycles. The molecule has 20 heavy (non-hydrogen) atoms. The number of hydrogen-bond acceptors (Lipinski definition) is 3. The molecular formula is C14H10FN3O2. The summed E-state index contributed by atoms with van der Waals surface area (Å²) in [5, 5.41) is 4.06. The highest BCUT2D eigenvalue weighted by Crippen LogP contribution is 2.28. The highest BCUT2D eigenvalue weighted by molar-refractivity contribution is 5.92. The summed E-state index contributed by atoms with van der Waals surface area (Å²) in [6.07, 6.45) is 3.38. The average Bonchev–Trinajstić information content (AvgIpc) is 2.90. The quantitative estimate of drug-likeness (QED) is 0.795. The molecule has 0 atom stereocenters. The van der Waals surface area contributed by atoms with E-state index in [9.17, 15) is 9.18 Å². The number of fused-ring (bicyclic) bond motifs is 1. The minimum Gasteiger partial charge on any atom is -0.452 e.